The lowest BCUT2D eigenvalue weighted by Gasteiger charge is -2.43. The molecule has 0 amide bonds. The molecule has 5 heteroatoms. The Kier molecular flexibility index (Phi) is 8.88. The largest absolute Gasteiger partial charge is 0.420 e. The minimum absolute atomic E-state index is 1.28. The molecule has 1 rings (SSSR count). The maximum Gasteiger partial charge on any atom is 0.238 e. The van der Waals surface area contributed by atoms with Crippen LogP contribution in [0.25, 0.3) is 0 Å². The summed E-state index contributed by atoms with van der Waals surface area (Å²) >= 11 is 0. The third-order valence-electron chi connectivity index (χ3n) is 5.32. The topological polar surface area (TPSA) is 15.7 Å². The third kappa shape index (κ3) is 5.81. The predicted octanol–water partition coefficient (Wildman–Crippen LogP) is 3.87. The Labute approximate surface area is 152 Å². The summed E-state index contributed by atoms with van der Waals surface area (Å²) < 4.78 is 10.7. The average molecular weight is 367 g/mol. The molecule has 0 heterocycles. The van der Waals surface area contributed by atoms with Gasteiger partial charge in [-0.3, -0.25) is 0 Å². The Morgan fingerprint density at radius 1 is 0.792 bits per heavy atom. The summed E-state index contributed by atoms with van der Waals surface area (Å²) in [6, 6.07) is 13.7. The van der Waals surface area contributed by atoms with Crippen LogP contribution in [0.15, 0.2) is 30.3 Å². The van der Waals surface area contributed by atoms with E-state index in [9.17, 15) is 0 Å². The molecular weight excluding hydrogens is 328 g/mol. The SMILES string of the molecule is CO[Si](C)(C)CCCCCC[Si](c1ccccc1)(N(C)C)N(C)C. The van der Waals surface area contributed by atoms with E-state index in [0.717, 1.165) is 0 Å². The van der Waals surface area contributed by atoms with Gasteiger partial charge in [-0.2, -0.15) is 0 Å². The quantitative estimate of drug-likeness (QED) is 0.437. The Morgan fingerprint density at radius 2 is 1.29 bits per heavy atom. The summed E-state index contributed by atoms with van der Waals surface area (Å²) in [5.74, 6) is 0. The molecule has 3 nitrogen and oxygen atoms in total. The van der Waals surface area contributed by atoms with Crippen LogP contribution >= 0.6 is 0 Å². The summed E-state index contributed by atoms with van der Waals surface area (Å²) in [7, 11) is 7.75. The molecule has 0 aliphatic heterocycles. The molecule has 0 aliphatic rings. The van der Waals surface area contributed by atoms with Crippen molar-refractivity contribution >= 4 is 21.9 Å². The molecule has 0 radical (unpaired) electrons. The van der Waals surface area contributed by atoms with E-state index < -0.39 is 16.7 Å². The normalized spacial score (nSPS) is 13.0. The highest BCUT2D eigenvalue weighted by Gasteiger charge is 2.40. The second-order valence-corrected chi connectivity index (χ2v) is 16.8. The van der Waals surface area contributed by atoms with Crippen LogP contribution in [0.5, 0.6) is 0 Å². The molecule has 24 heavy (non-hydrogen) atoms. The molecule has 0 N–H and O–H groups in total. The van der Waals surface area contributed by atoms with Gasteiger partial charge < -0.3 is 13.6 Å². The van der Waals surface area contributed by atoms with E-state index in [1.54, 1.807) is 0 Å². The highest BCUT2D eigenvalue weighted by Crippen LogP contribution is 2.22. The molecule has 0 saturated heterocycles. The van der Waals surface area contributed by atoms with Crippen molar-refractivity contribution in [3.8, 4) is 0 Å². The summed E-state index contributed by atoms with van der Waals surface area (Å²) in [5.41, 5.74) is 0. The maximum absolute atomic E-state index is 5.65. The number of hydrogen-bond acceptors (Lipinski definition) is 3. The van der Waals surface area contributed by atoms with Crippen molar-refractivity contribution in [3.63, 3.8) is 0 Å². The second kappa shape index (κ2) is 9.87. The van der Waals surface area contributed by atoms with Gasteiger partial charge in [-0.1, -0.05) is 56.0 Å². The van der Waals surface area contributed by atoms with E-state index in [1.165, 1.54) is 43.0 Å². The number of unbranched alkanes of at least 4 members (excludes halogenated alkanes) is 3. The van der Waals surface area contributed by atoms with Crippen molar-refractivity contribution in [1.82, 2.24) is 9.13 Å². The van der Waals surface area contributed by atoms with Gasteiger partial charge in [0.2, 0.25) is 8.40 Å². The van der Waals surface area contributed by atoms with E-state index in [0.29, 0.717) is 0 Å². The van der Waals surface area contributed by atoms with Crippen LogP contribution in [0.1, 0.15) is 25.7 Å². The lowest BCUT2D eigenvalue weighted by molar-refractivity contribution is 0.401. The van der Waals surface area contributed by atoms with Crippen LogP contribution in [0.3, 0.4) is 0 Å². The predicted molar refractivity (Wildman–Crippen MR) is 112 cm³/mol. The van der Waals surface area contributed by atoms with E-state index in [-0.39, 0.29) is 0 Å². The lowest BCUT2D eigenvalue weighted by Crippen LogP contribution is -2.68. The molecule has 0 unspecified atom stereocenters. The van der Waals surface area contributed by atoms with Gasteiger partial charge in [0.05, 0.1) is 0 Å². The van der Waals surface area contributed by atoms with Crippen LogP contribution < -0.4 is 5.19 Å². The molecule has 1 aromatic carbocycles. The molecule has 138 valence electrons. The molecule has 0 aliphatic carbocycles. The lowest BCUT2D eigenvalue weighted by atomic mass is 10.2. The zero-order valence-corrected chi connectivity index (χ0v) is 18.9. The van der Waals surface area contributed by atoms with Gasteiger partial charge in [0, 0.05) is 7.11 Å². The van der Waals surface area contributed by atoms with Crippen molar-refractivity contribution in [2.24, 2.45) is 0 Å². The smallest absolute Gasteiger partial charge is 0.238 e. The van der Waals surface area contributed by atoms with E-state index in [4.69, 9.17) is 4.43 Å². The van der Waals surface area contributed by atoms with Crippen molar-refractivity contribution in [2.75, 3.05) is 35.3 Å². The van der Waals surface area contributed by atoms with Gasteiger partial charge in [0.25, 0.3) is 0 Å². The molecular formula is C19H38N2OSi2. The fraction of sp³-hybridized carbons (Fsp3) is 0.684. The molecule has 0 bridgehead atoms. The first-order valence-corrected chi connectivity index (χ1v) is 14.4. The molecule has 0 atom stereocenters. The van der Waals surface area contributed by atoms with Crippen LogP contribution in [0, 0.1) is 0 Å². The number of hydrogen-bond donors (Lipinski definition) is 0. The molecule has 0 saturated carbocycles. The Hall–Kier alpha value is -0.466. The average Bonchev–Trinajstić information content (AvgIpc) is 2.54. The maximum atomic E-state index is 5.65. The minimum Gasteiger partial charge on any atom is -0.420 e. The Balaban J connectivity index is 2.62. The molecule has 0 aromatic heterocycles. The van der Waals surface area contributed by atoms with Gasteiger partial charge in [-0.25, -0.2) is 0 Å². The van der Waals surface area contributed by atoms with Crippen LogP contribution in [0.4, 0.5) is 0 Å². The van der Waals surface area contributed by atoms with Crippen molar-refractivity contribution in [2.45, 2.75) is 50.9 Å². The van der Waals surface area contributed by atoms with E-state index in [1.807, 2.05) is 7.11 Å². The standard InChI is InChI=1S/C19H38N2OSi2/c1-20(2)24(21(3)4,19-15-11-10-12-16-19)18-14-9-8-13-17-23(6,7)22-5/h10-12,15-16H,8-9,13-14,17-18H2,1-7H3. The number of benzene rings is 1. The van der Waals surface area contributed by atoms with Gasteiger partial charge in [-0.15, -0.1) is 0 Å². The second-order valence-electron chi connectivity index (χ2n) is 7.85. The minimum atomic E-state index is -1.78. The van der Waals surface area contributed by atoms with E-state index in [2.05, 4.69) is 80.7 Å². The zero-order chi connectivity index (χ0) is 18.2. The summed E-state index contributed by atoms with van der Waals surface area (Å²) in [4.78, 5) is 0. The fourth-order valence-corrected chi connectivity index (χ4v) is 9.38. The Morgan fingerprint density at radius 3 is 1.75 bits per heavy atom. The summed E-state index contributed by atoms with van der Waals surface area (Å²) in [6.45, 7) is 4.64. The fourth-order valence-electron chi connectivity index (χ4n) is 3.59. The first-order valence-electron chi connectivity index (χ1n) is 9.22. The van der Waals surface area contributed by atoms with Crippen molar-refractivity contribution in [3.05, 3.63) is 30.3 Å². The van der Waals surface area contributed by atoms with Crippen LogP contribution in [0.2, 0.25) is 25.2 Å². The molecule has 1 aromatic rings. The summed E-state index contributed by atoms with van der Waals surface area (Å²) in [6.07, 6.45) is 5.29. The van der Waals surface area contributed by atoms with Crippen LogP contribution in [-0.4, -0.2) is 61.1 Å². The first-order chi connectivity index (χ1) is 11.3. The molecule has 0 spiro atoms. The van der Waals surface area contributed by atoms with Gasteiger partial charge in [0.1, 0.15) is 0 Å². The monoisotopic (exact) mass is 366 g/mol. The number of rotatable bonds is 11. The third-order valence-corrected chi connectivity index (χ3v) is 13.3. The highest BCUT2D eigenvalue weighted by atomic mass is 28.4. The van der Waals surface area contributed by atoms with Gasteiger partial charge in [-0.05, 0) is 58.6 Å². The zero-order valence-electron chi connectivity index (χ0n) is 16.9. The number of nitrogens with zero attached hydrogens (tertiary/aromatic N) is 2. The van der Waals surface area contributed by atoms with E-state index >= 15 is 0 Å². The van der Waals surface area contributed by atoms with Crippen molar-refractivity contribution in [1.29, 1.82) is 0 Å². The van der Waals surface area contributed by atoms with Gasteiger partial charge >= 0.3 is 0 Å². The van der Waals surface area contributed by atoms with Crippen molar-refractivity contribution < 1.29 is 4.43 Å². The first kappa shape index (κ1) is 21.6. The Bertz CT molecular complexity index is 456. The summed E-state index contributed by atoms with van der Waals surface area (Å²) in [5, 5.41) is 1.52. The highest BCUT2D eigenvalue weighted by molar-refractivity contribution is 6.87. The van der Waals surface area contributed by atoms with Crippen LogP contribution in [-0.2, 0) is 4.43 Å². The van der Waals surface area contributed by atoms with Gasteiger partial charge in [0.15, 0.2) is 8.32 Å². The molecule has 0 fully saturated rings.